The van der Waals surface area contributed by atoms with Crippen molar-refractivity contribution in [3.63, 3.8) is 0 Å². The van der Waals surface area contributed by atoms with Gasteiger partial charge in [-0.05, 0) is 18.9 Å². The Morgan fingerprint density at radius 1 is 1.28 bits per heavy atom. The molecule has 1 amide bonds. The quantitative estimate of drug-likeness (QED) is 0.742. The third kappa shape index (κ3) is 3.55. The van der Waals surface area contributed by atoms with E-state index in [-0.39, 0.29) is 12.5 Å². The molecule has 0 atom stereocenters. The van der Waals surface area contributed by atoms with Gasteiger partial charge in [0.05, 0.1) is 13.2 Å². The van der Waals surface area contributed by atoms with Crippen molar-refractivity contribution < 1.29 is 9.90 Å². The Hall–Kier alpha value is -1.39. The van der Waals surface area contributed by atoms with Gasteiger partial charge in [0, 0.05) is 17.3 Å². The lowest BCUT2D eigenvalue weighted by atomic mass is 10.2. The van der Waals surface area contributed by atoms with Crippen LogP contribution in [0.25, 0.3) is 0 Å². The summed E-state index contributed by atoms with van der Waals surface area (Å²) < 4.78 is 0. The number of hydrogen-bond donors (Lipinski definition) is 3. The van der Waals surface area contributed by atoms with Crippen LogP contribution in [0.1, 0.15) is 31.2 Å². The second-order valence-electron chi connectivity index (χ2n) is 4.73. The van der Waals surface area contributed by atoms with Gasteiger partial charge < -0.3 is 15.7 Å². The minimum Gasteiger partial charge on any atom is -0.392 e. The summed E-state index contributed by atoms with van der Waals surface area (Å²) in [5, 5.41) is 15.3. The molecule has 4 heteroatoms. The van der Waals surface area contributed by atoms with Gasteiger partial charge in [0.1, 0.15) is 0 Å². The normalized spacial score (nSPS) is 15.8. The molecular weight excluding hydrogens is 228 g/mol. The van der Waals surface area contributed by atoms with Crippen LogP contribution in [0.15, 0.2) is 24.3 Å². The smallest absolute Gasteiger partial charge is 0.238 e. The summed E-state index contributed by atoms with van der Waals surface area (Å²) in [4.78, 5) is 11.8. The van der Waals surface area contributed by atoms with Gasteiger partial charge >= 0.3 is 0 Å². The molecule has 0 aromatic heterocycles. The molecule has 1 aromatic rings. The predicted octanol–water partition coefficient (Wildman–Crippen LogP) is 1.65. The SMILES string of the molecule is O=C(CNC1CCCC1)Nc1ccccc1CO. The highest BCUT2D eigenvalue weighted by Crippen LogP contribution is 2.17. The molecule has 0 bridgehead atoms. The topological polar surface area (TPSA) is 61.4 Å². The van der Waals surface area contributed by atoms with Crippen LogP contribution in [0.2, 0.25) is 0 Å². The zero-order chi connectivity index (χ0) is 12.8. The van der Waals surface area contributed by atoms with Crippen LogP contribution in [0.4, 0.5) is 5.69 Å². The molecule has 1 saturated carbocycles. The number of hydrogen-bond acceptors (Lipinski definition) is 3. The zero-order valence-electron chi connectivity index (χ0n) is 10.5. The number of aliphatic hydroxyl groups excluding tert-OH is 1. The Balaban J connectivity index is 1.82. The van der Waals surface area contributed by atoms with E-state index in [1.165, 1.54) is 25.7 Å². The molecule has 0 spiro atoms. The van der Waals surface area contributed by atoms with Gasteiger partial charge in [0.2, 0.25) is 5.91 Å². The van der Waals surface area contributed by atoms with Crippen LogP contribution in [0.5, 0.6) is 0 Å². The van der Waals surface area contributed by atoms with Crippen molar-refractivity contribution >= 4 is 11.6 Å². The minimum absolute atomic E-state index is 0.0530. The van der Waals surface area contributed by atoms with E-state index in [1.807, 2.05) is 12.1 Å². The van der Waals surface area contributed by atoms with Gasteiger partial charge in [-0.2, -0.15) is 0 Å². The van der Waals surface area contributed by atoms with E-state index in [2.05, 4.69) is 10.6 Å². The maximum absolute atomic E-state index is 11.8. The zero-order valence-corrected chi connectivity index (χ0v) is 10.5. The van der Waals surface area contributed by atoms with Crippen LogP contribution in [0, 0.1) is 0 Å². The van der Waals surface area contributed by atoms with E-state index in [1.54, 1.807) is 12.1 Å². The van der Waals surface area contributed by atoms with Gasteiger partial charge in [0.15, 0.2) is 0 Å². The van der Waals surface area contributed by atoms with Gasteiger partial charge in [0.25, 0.3) is 0 Å². The lowest BCUT2D eigenvalue weighted by Gasteiger charge is -2.13. The van der Waals surface area contributed by atoms with Crippen molar-refractivity contribution in [2.75, 3.05) is 11.9 Å². The van der Waals surface area contributed by atoms with Crippen molar-refractivity contribution in [2.45, 2.75) is 38.3 Å². The van der Waals surface area contributed by atoms with Crippen molar-refractivity contribution in [3.8, 4) is 0 Å². The predicted molar refractivity (Wildman–Crippen MR) is 71.3 cm³/mol. The fraction of sp³-hybridized carbons (Fsp3) is 0.500. The average molecular weight is 248 g/mol. The summed E-state index contributed by atoms with van der Waals surface area (Å²) >= 11 is 0. The molecule has 18 heavy (non-hydrogen) atoms. The number of benzene rings is 1. The van der Waals surface area contributed by atoms with Crippen molar-refractivity contribution in [2.24, 2.45) is 0 Å². The molecule has 0 heterocycles. The molecule has 3 N–H and O–H groups in total. The fourth-order valence-electron chi connectivity index (χ4n) is 2.34. The minimum atomic E-state index is -0.0630. The number of amides is 1. The highest BCUT2D eigenvalue weighted by Gasteiger charge is 2.15. The summed E-state index contributed by atoms with van der Waals surface area (Å²) in [6, 6.07) is 7.79. The first-order valence-corrected chi connectivity index (χ1v) is 6.51. The van der Waals surface area contributed by atoms with Crippen LogP contribution in [-0.2, 0) is 11.4 Å². The first-order valence-electron chi connectivity index (χ1n) is 6.51. The molecule has 0 unspecified atom stereocenters. The highest BCUT2D eigenvalue weighted by molar-refractivity contribution is 5.92. The summed E-state index contributed by atoms with van der Waals surface area (Å²) in [6.45, 7) is 0.275. The Bertz CT molecular complexity index is 401. The summed E-state index contributed by atoms with van der Waals surface area (Å²) in [5.74, 6) is -0.0530. The molecule has 0 radical (unpaired) electrons. The first kappa shape index (κ1) is 13.1. The van der Waals surface area contributed by atoms with E-state index in [0.29, 0.717) is 18.3 Å². The first-order chi connectivity index (χ1) is 8.79. The van der Waals surface area contributed by atoms with Crippen molar-refractivity contribution in [1.29, 1.82) is 0 Å². The summed E-state index contributed by atoms with van der Waals surface area (Å²) in [5.41, 5.74) is 1.44. The average Bonchev–Trinajstić information content (AvgIpc) is 2.90. The molecule has 4 nitrogen and oxygen atoms in total. The third-order valence-electron chi connectivity index (χ3n) is 3.37. The van der Waals surface area contributed by atoms with Crippen LogP contribution < -0.4 is 10.6 Å². The maximum Gasteiger partial charge on any atom is 0.238 e. The molecule has 1 aliphatic rings. The monoisotopic (exact) mass is 248 g/mol. The second kappa shape index (κ2) is 6.52. The molecule has 1 fully saturated rings. The van der Waals surface area contributed by atoms with Crippen LogP contribution >= 0.6 is 0 Å². The summed E-state index contributed by atoms with van der Waals surface area (Å²) in [7, 11) is 0. The fourth-order valence-corrected chi connectivity index (χ4v) is 2.34. The maximum atomic E-state index is 11.8. The molecule has 2 rings (SSSR count). The molecule has 98 valence electrons. The number of nitrogens with one attached hydrogen (secondary N) is 2. The van der Waals surface area contributed by atoms with Gasteiger partial charge in [-0.1, -0.05) is 31.0 Å². The van der Waals surface area contributed by atoms with Crippen LogP contribution in [-0.4, -0.2) is 23.6 Å². The Morgan fingerprint density at radius 2 is 2.00 bits per heavy atom. The Morgan fingerprint density at radius 3 is 2.72 bits per heavy atom. The number of para-hydroxylation sites is 1. The number of carbonyl (C=O) groups is 1. The van der Waals surface area contributed by atoms with Crippen molar-refractivity contribution in [1.82, 2.24) is 5.32 Å². The molecule has 1 aliphatic carbocycles. The molecule has 0 saturated heterocycles. The molecule has 0 aliphatic heterocycles. The lowest BCUT2D eigenvalue weighted by Crippen LogP contribution is -2.34. The van der Waals surface area contributed by atoms with E-state index in [9.17, 15) is 4.79 Å². The van der Waals surface area contributed by atoms with Crippen LogP contribution in [0.3, 0.4) is 0 Å². The van der Waals surface area contributed by atoms with Gasteiger partial charge in [-0.15, -0.1) is 0 Å². The molecule has 1 aromatic carbocycles. The number of anilines is 1. The third-order valence-corrected chi connectivity index (χ3v) is 3.37. The highest BCUT2D eigenvalue weighted by atomic mass is 16.3. The number of rotatable bonds is 5. The summed E-state index contributed by atoms with van der Waals surface area (Å²) in [6.07, 6.45) is 4.85. The lowest BCUT2D eigenvalue weighted by molar-refractivity contribution is -0.115. The van der Waals surface area contributed by atoms with E-state index in [0.717, 1.165) is 5.56 Å². The van der Waals surface area contributed by atoms with E-state index >= 15 is 0 Å². The number of carbonyl (C=O) groups excluding carboxylic acids is 1. The van der Waals surface area contributed by atoms with Gasteiger partial charge in [-0.25, -0.2) is 0 Å². The van der Waals surface area contributed by atoms with E-state index < -0.39 is 0 Å². The molecular formula is C14H20N2O2. The largest absolute Gasteiger partial charge is 0.392 e. The van der Waals surface area contributed by atoms with Crippen molar-refractivity contribution in [3.05, 3.63) is 29.8 Å². The standard InChI is InChI=1S/C14H20N2O2/c17-10-11-5-1-4-8-13(11)16-14(18)9-15-12-6-2-3-7-12/h1,4-5,8,12,15,17H,2-3,6-7,9-10H2,(H,16,18). The Kier molecular flexibility index (Phi) is 4.73. The second-order valence-corrected chi connectivity index (χ2v) is 4.73. The van der Waals surface area contributed by atoms with Gasteiger partial charge in [-0.3, -0.25) is 4.79 Å². The Labute approximate surface area is 107 Å². The van der Waals surface area contributed by atoms with E-state index in [4.69, 9.17) is 5.11 Å². The number of aliphatic hydroxyl groups is 1.